The topological polar surface area (TPSA) is 99.9 Å². The van der Waals surface area contributed by atoms with E-state index in [1.807, 2.05) is 0 Å². The molecule has 7 heteroatoms. The van der Waals surface area contributed by atoms with E-state index in [0.717, 1.165) is 6.07 Å². The first kappa shape index (κ1) is 14.2. The summed E-state index contributed by atoms with van der Waals surface area (Å²) in [6.07, 6.45) is -4.08. The molecule has 1 heterocycles. The van der Waals surface area contributed by atoms with Crippen LogP contribution in [0.15, 0.2) is 24.3 Å². The van der Waals surface area contributed by atoms with Crippen LogP contribution in [0.25, 0.3) is 10.9 Å². The third-order valence-corrected chi connectivity index (χ3v) is 2.88. The van der Waals surface area contributed by atoms with E-state index in [0.29, 0.717) is 5.39 Å². The van der Waals surface area contributed by atoms with Crippen LogP contribution in [0, 0.1) is 5.82 Å². The summed E-state index contributed by atoms with van der Waals surface area (Å²) >= 11 is 0. The van der Waals surface area contributed by atoms with Gasteiger partial charge in [-0.2, -0.15) is 0 Å². The van der Waals surface area contributed by atoms with E-state index in [-0.39, 0.29) is 17.0 Å². The molecule has 0 radical (unpaired) electrons. The molecule has 106 valence electrons. The van der Waals surface area contributed by atoms with Gasteiger partial charge in [0.2, 0.25) is 5.88 Å². The van der Waals surface area contributed by atoms with Gasteiger partial charge in [0.1, 0.15) is 11.9 Å². The summed E-state index contributed by atoms with van der Waals surface area (Å²) in [6, 6.07) is 5.64. The molecule has 0 aliphatic heterocycles. The Balaban J connectivity index is 2.66. The number of hydrogen-bond donors (Lipinski definition) is 3. The largest absolute Gasteiger partial charge is 0.481 e. The lowest BCUT2D eigenvalue weighted by atomic mass is 10.00. The molecule has 0 unspecified atom stereocenters. The van der Waals surface area contributed by atoms with Crippen LogP contribution in [0.4, 0.5) is 4.39 Å². The normalized spacial score (nSPS) is 14.0. The van der Waals surface area contributed by atoms with Crippen LogP contribution < -0.4 is 4.74 Å². The number of hydrogen-bond acceptors (Lipinski definition) is 5. The molecule has 1 aromatic heterocycles. The maximum absolute atomic E-state index is 13.9. The lowest BCUT2D eigenvalue weighted by Gasteiger charge is -2.17. The van der Waals surface area contributed by atoms with Gasteiger partial charge >= 0.3 is 5.97 Å². The van der Waals surface area contributed by atoms with Crippen molar-refractivity contribution < 1.29 is 29.2 Å². The van der Waals surface area contributed by atoms with E-state index in [9.17, 15) is 19.4 Å². The Hall–Kier alpha value is -2.25. The molecule has 2 atom stereocenters. The van der Waals surface area contributed by atoms with Gasteiger partial charge < -0.3 is 20.1 Å². The summed E-state index contributed by atoms with van der Waals surface area (Å²) < 4.78 is 18.8. The van der Waals surface area contributed by atoms with Crippen LogP contribution in [-0.4, -0.2) is 39.5 Å². The number of methoxy groups -OCH3 is 1. The summed E-state index contributed by atoms with van der Waals surface area (Å²) in [6.45, 7) is 0. The number of pyridine rings is 1. The minimum absolute atomic E-state index is 0.0390. The smallest absolute Gasteiger partial charge is 0.335 e. The highest BCUT2D eigenvalue weighted by molar-refractivity contribution is 5.84. The predicted molar refractivity (Wildman–Crippen MR) is 66.9 cm³/mol. The monoisotopic (exact) mass is 281 g/mol. The molecule has 0 bridgehead atoms. The average Bonchev–Trinajstić information content (AvgIpc) is 2.44. The zero-order valence-corrected chi connectivity index (χ0v) is 10.4. The number of halogens is 1. The Labute approximate surface area is 113 Å². The Morgan fingerprint density at radius 3 is 2.55 bits per heavy atom. The molecule has 1 aromatic carbocycles. The second-order valence-corrected chi connectivity index (χ2v) is 4.11. The van der Waals surface area contributed by atoms with Crippen molar-refractivity contribution in [1.82, 2.24) is 4.98 Å². The highest BCUT2D eigenvalue weighted by Gasteiger charge is 2.29. The molecule has 0 amide bonds. The van der Waals surface area contributed by atoms with Gasteiger partial charge in [0.25, 0.3) is 0 Å². The molecule has 0 saturated carbocycles. The van der Waals surface area contributed by atoms with E-state index < -0.39 is 24.0 Å². The minimum Gasteiger partial charge on any atom is -0.481 e. The molecule has 20 heavy (non-hydrogen) atoms. The van der Waals surface area contributed by atoms with Crippen molar-refractivity contribution in [3.8, 4) is 5.88 Å². The highest BCUT2D eigenvalue weighted by atomic mass is 19.1. The fourth-order valence-electron chi connectivity index (χ4n) is 1.86. The van der Waals surface area contributed by atoms with Crippen LogP contribution >= 0.6 is 0 Å². The van der Waals surface area contributed by atoms with Crippen LogP contribution in [0.3, 0.4) is 0 Å². The van der Waals surface area contributed by atoms with Gasteiger partial charge in [-0.25, -0.2) is 14.2 Å². The molecule has 3 N–H and O–H groups in total. The first-order valence-corrected chi connectivity index (χ1v) is 5.67. The van der Waals surface area contributed by atoms with Crippen molar-refractivity contribution in [3.63, 3.8) is 0 Å². The first-order valence-electron chi connectivity index (χ1n) is 5.67. The zero-order valence-electron chi connectivity index (χ0n) is 10.4. The van der Waals surface area contributed by atoms with E-state index in [1.54, 1.807) is 12.1 Å². The molecule has 0 spiro atoms. The third kappa shape index (κ3) is 2.40. The van der Waals surface area contributed by atoms with Gasteiger partial charge in [0.15, 0.2) is 6.10 Å². The number of carboxylic acid groups (broad SMARTS) is 1. The van der Waals surface area contributed by atoms with Crippen LogP contribution in [0.5, 0.6) is 5.88 Å². The van der Waals surface area contributed by atoms with Gasteiger partial charge in [0.05, 0.1) is 12.6 Å². The molecule has 2 aromatic rings. The number of carbonyl (C=O) groups is 1. The van der Waals surface area contributed by atoms with Crippen LogP contribution in [0.2, 0.25) is 0 Å². The fraction of sp³-hybridized carbons (Fsp3) is 0.231. The molecule has 0 fully saturated rings. The number of aliphatic hydroxyl groups is 2. The number of rotatable bonds is 4. The zero-order chi connectivity index (χ0) is 14.9. The second-order valence-electron chi connectivity index (χ2n) is 4.11. The number of aliphatic hydroxyl groups excluding tert-OH is 2. The molecule has 0 aliphatic rings. The number of nitrogens with zero attached hydrogens (tertiary/aromatic N) is 1. The third-order valence-electron chi connectivity index (χ3n) is 2.88. The number of carboxylic acids is 1. The van der Waals surface area contributed by atoms with E-state index >= 15 is 0 Å². The number of aromatic nitrogens is 1. The maximum atomic E-state index is 13.9. The van der Waals surface area contributed by atoms with Crippen molar-refractivity contribution in [2.24, 2.45) is 0 Å². The van der Waals surface area contributed by atoms with E-state index in [1.165, 1.54) is 13.2 Å². The number of fused-ring (bicyclic) bond motifs is 1. The van der Waals surface area contributed by atoms with Crippen molar-refractivity contribution in [2.75, 3.05) is 7.11 Å². The number of ether oxygens (including phenoxy) is 1. The van der Waals surface area contributed by atoms with Crippen molar-refractivity contribution in [3.05, 3.63) is 35.6 Å². The first-order chi connectivity index (χ1) is 9.45. The molecule has 2 rings (SSSR count). The van der Waals surface area contributed by atoms with Gasteiger partial charge in [-0.1, -0.05) is 0 Å². The molecular formula is C13H12FNO5. The Bertz CT molecular complexity index is 660. The molecular weight excluding hydrogens is 269 g/mol. The Morgan fingerprint density at radius 2 is 1.95 bits per heavy atom. The summed E-state index contributed by atoms with van der Waals surface area (Å²) in [5.74, 6) is -2.33. The number of benzene rings is 1. The van der Waals surface area contributed by atoms with Crippen molar-refractivity contribution in [2.45, 2.75) is 12.2 Å². The van der Waals surface area contributed by atoms with Gasteiger partial charge in [-0.15, -0.1) is 0 Å². The summed E-state index contributed by atoms with van der Waals surface area (Å²) in [5, 5.41) is 28.4. The van der Waals surface area contributed by atoms with E-state index in [4.69, 9.17) is 9.84 Å². The molecule has 0 aliphatic carbocycles. The standard InChI is InChI=1S/C13H12FNO5/c1-20-8-5-3-6-2-4-7(14)9(10(6)15-8)11(16)12(17)13(18)19/h2-5,11-12,16-17H,1H3,(H,18,19)/t11-,12+/m1/s1. The average molecular weight is 281 g/mol. The lowest BCUT2D eigenvalue weighted by molar-refractivity contribution is -0.153. The fourth-order valence-corrected chi connectivity index (χ4v) is 1.86. The van der Waals surface area contributed by atoms with Crippen LogP contribution in [0.1, 0.15) is 11.7 Å². The lowest BCUT2D eigenvalue weighted by Crippen LogP contribution is -2.28. The predicted octanol–water partition coefficient (Wildman–Crippen LogP) is 0.861. The SMILES string of the molecule is COc1ccc2ccc(F)c([C@@H](O)[C@H](O)C(=O)O)c2n1. The van der Waals surface area contributed by atoms with Crippen molar-refractivity contribution >= 4 is 16.9 Å². The van der Waals surface area contributed by atoms with Crippen molar-refractivity contribution in [1.29, 1.82) is 0 Å². The summed E-state index contributed by atoms with van der Waals surface area (Å²) in [4.78, 5) is 14.7. The Kier molecular flexibility index (Phi) is 3.82. The molecule has 0 saturated heterocycles. The van der Waals surface area contributed by atoms with Gasteiger partial charge in [0, 0.05) is 17.0 Å². The quantitative estimate of drug-likeness (QED) is 0.768. The second kappa shape index (κ2) is 5.40. The van der Waals surface area contributed by atoms with Gasteiger partial charge in [-0.05, 0) is 18.2 Å². The van der Waals surface area contributed by atoms with Gasteiger partial charge in [-0.3, -0.25) is 0 Å². The minimum atomic E-state index is -2.15. The maximum Gasteiger partial charge on any atom is 0.335 e. The highest BCUT2D eigenvalue weighted by Crippen LogP contribution is 2.29. The summed E-state index contributed by atoms with van der Waals surface area (Å²) in [5.41, 5.74) is -0.339. The van der Waals surface area contributed by atoms with Crippen LogP contribution in [-0.2, 0) is 4.79 Å². The van der Waals surface area contributed by atoms with E-state index in [2.05, 4.69) is 4.98 Å². The Morgan fingerprint density at radius 1 is 1.30 bits per heavy atom. The summed E-state index contributed by atoms with van der Waals surface area (Å²) in [7, 11) is 1.37. The number of aliphatic carboxylic acids is 1. The molecule has 6 nitrogen and oxygen atoms in total.